The van der Waals surface area contributed by atoms with Gasteiger partial charge in [-0.3, -0.25) is 0 Å². The normalized spacial score (nSPS) is 18.7. The lowest BCUT2D eigenvalue weighted by molar-refractivity contribution is -0.133. The van der Waals surface area contributed by atoms with Gasteiger partial charge in [0.25, 0.3) is 0 Å². The lowest BCUT2D eigenvalue weighted by Crippen LogP contribution is -2.42. The zero-order chi connectivity index (χ0) is 22.9. The molecule has 0 saturated carbocycles. The number of piperidine rings is 1. The SMILES string of the molecule is COC(=O)C1=Cc2ccccc2C(C2CCN(C(=O)OC(C)(C)C)CC2)c2ccccc21. The molecular formula is C27H31NO4. The van der Waals surface area contributed by atoms with Gasteiger partial charge in [-0.05, 0) is 67.9 Å². The number of fused-ring (bicyclic) bond motifs is 2. The molecule has 1 unspecified atom stereocenters. The fraction of sp³-hybridized carbons (Fsp3) is 0.407. The average Bonchev–Trinajstić information content (AvgIpc) is 2.92. The second kappa shape index (κ2) is 8.81. The third-order valence-electron chi connectivity index (χ3n) is 6.28. The summed E-state index contributed by atoms with van der Waals surface area (Å²) in [7, 11) is 1.42. The Morgan fingerprint density at radius 3 is 2.22 bits per heavy atom. The first kappa shape index (κ1) is 22.1. The predicted octanol–water partition coefficient (Wildman–Crippen LogP) is 5.49. The maximum Gasteiger partial charge on any atom is 0.410 e. The fourth-order valence-electron chi connectivity index (χ4n) is 4.87. The molecule has 5 nitrogen and oxygen atoms in total. The monoisotopic (exact) mass is 433 g/mol. The molecule has 1 saturated heterocycles. The zero-order valence-corrected chi connectivity index (χ0v) is 19.3. The van der Waals surface area contributed by atoms with E-state index < -0.39 is 5.60 Å². The van der Waals surface area contributed by atoms with Crippen molar-refractivity contribution in [2.24, 2.45) is 5.92 Å². The fourth-order valence-corrected chi connectivity index (χ4v) is 4.87. The molecular weight excluding hydrogens is 402 g/mol. The first-order valence-electron chi connectivity index (χ1n) is 11.2. The third kappa shape index (κ3) is 4.43. The Balaban J connectivity index is 1.68. The number of carbonyl (C=O) groups excluding carboxylic acids is 2. The van der Waals surface area contributed by atoms with Crippen LogP contribution in [0.5, 0.6) is 0 Å². The lowest BCUT2D eigenvalue weighted by Gasteiger charge is -2.37. The van der Waals surface area contributed by atoms with Gasteiger partial charge >= 0.3 is 12.1 Å². The zero-order valence-electron chi connectivity index (χ0n) is 19.3. The van der Waals surface area contributed by atoms with Crippen molar-refractivity contribution >= 4 is 23.7 Å². The number of nitrogens with zero attached hydrogens (tertiary/aromatic N) is 1. The van der Waals surface area contributed by atoms with Crippen molar-refractivity contribution in [1.29, 1.82) is 0 Å². The molecule has 0 N–H and O–H groups in total. The van der Waals surface area contributed by atoms with Gasteiger partial charge in [-0.1, -0.05) is 48.5 Å². The van der Waals surface area contributed by atoms with Gasteiger partial charge in [0.2, 0.25) is 0 Å². The molecule has 2 aromatic carbocycles. The molecule has 32 heavy (non-hydrogen) atoms. The van der Waals surface area contributed by atoms with E-state index in [0.29, 0.717) is 24.6 Å². The van der Waals surface area contributed by atoms with Gasteiger partial charge in [0.05, 0.1) is 12.7 Å². The summed E-state index contributed by atoms with van der Waals surface area (Å²) in [5.41, 5.74) is 4.42. The number of benzene rings is 2. The molecule has 1 amide bonds. The van der Waals surface area contributed by atoms with E-state index in [-0.39, 0.29) is 18.0 Å². The Morgan fingerprint density at radius 1 is 0.938 bits per heavy atom. The van der Waals surface area contributed by atoms with Crippen molar-refractivity contribution in [3.05, 3.63) is 70.8 Å². The van der Waals surface area contributed by atoms with Gasteiger partial charge < -0.3 is 14.4 Å². The number of esters is 1. The van der Waals surface area contributed by atoms with Gasteiger partial charge in [-0.15, -0.1) is 0 Å². The van der Waals surface area contributed by atoms with Gasteiger partial charge in [-0.2, -0.15) is 0 Å². The number of likely N-dealkylation sites (tertiary alicyclic amines) is 1. The molecule has 1 fully saturated rings. The average molecular weight is 434 g/mol. The quantitative estimate of drug-likeness (QED) is 0.588. The second-order valence-corrected chi connectivity index (χ2v) is 9.55. The van der Waals surface area contributed by atoms with E-state index in [4.69, 9.17) is 9.47 Å². The highest BCUT2D eigenvalue weighted by Gasteiger charge is 2.36. The van der Waals surface area contributed by atoms with Crippen molar-refractivity contribution in [3.63, 3.8) is 0 Å². The van der Waals surface area contributed by atoms with Crippen LogP contribution in [0.1, 0.15) is 61.8 Å². The lowest BCUT2D eigenvalue weighted by atomic mass is 9.74. The van der Waals surface area contributed by atoms with Crippen LogP contribution in [0.25, 0.3) is 11.6 Å². The number of rotatable bonds is 2. The molecule has 0 spiro atoms. The number of ether oxygens (including phenoxy) is 2. The molecule has 2 aliphatic rings. The number of amides is 1. The summed E-state index contributed by atoms with van der Waals surface area (Å²) in [6.45, 7) is 7.00. The molecule has 1 heterocycles. The van der Waals surface area contributed by atoms with E-state index >= 15 is 0 Å². The number of methoxy groups -OCH3 is 1. The highest BCUT2D eigenvalue weighted by atomic mass is 16.6. The summed E-state index contributed by atoms with van der Waals surface area (Å²) in [6.07, 6.45) is 3.46. The summed E-state index contributed by atoms with van der Waals surface area (Å²) in [4.78, 5) is 27.0. The van der Waals surface area contributed by atoms with E-state index in [1.807, 2.05) is 56.0 Å². The molecule has 0 radical (unpaired) electrons. The standard InChI is InChI=1S/C27H31NO4/c1-27(2,3)32-26(30)28-15-13-18(14-16-28)24-20-10-6-5-9-19(20)17-23(25(29)31-4)21-11-7-8-12-22(21)24/h5-12,17-18,24H,13-16H2,1-4H3. The molecule has 4 rings (SSSR count). The predicted molar refractivity (Wildman–Crippen MR) is 125 cm³/mol. The van der Waals surface area contributed by atoms with Crippen molar-refractivity contribution < 1.29 is 19.1 Å². The smallest absolute Gasteiger partial charge is 0.410 e. The largest absolute Gasteiger partial charge is 0.465 e. The molecule has 0 bridgehead atoms. The minimum absolute atomic E-state index is 0.140. The summed E-state index contributed by atoms with van der Waals surface area (Å²) in [5.74, 6) is 0.163. The van der Waals surface area contributed by atoms with Gasteiger partial charge in [0.1, 0.15) is 5.60 Å². The third-order valence-corrected chi connectivity index (χ3v) is 6.28. The van der Waals surface area contributed by atoms with E-state index in [1.165, 1.54) is 12.7 Å². The molecule has 1 aliphatic carbocycles. The summed E-state index contributed by atoms with van der Waals surface area (Å²) >= 11 is 0. The van der Waals surface area contributed by atoms with Gasteiger partial charge in [-0.25, -0.2) is 9.59 Å². The minimum atomic E-state index is -0.497. The Hall–Kier alpha value is -3.08. The van der Waals surface area contributed by atoms with Crippen molar-refractivity contribution in [2.75, 3.05) is 20.2 Å². The number of hydrogen-bond donors (Lipinski definition) is 0. The van der Waals surface area contributed by atoms with Crippen LogP contribution in [-0.2, 0) is 14.3 Å². The van der Waals surface area contributed by atoms with E-state index in [2.05, 4.69) is 24.3 Å². The van der Waals surface area contributed by atoms with Crippen LogP contribution in [0.3, 0.4) is 0 Å². The maximum absolute atomic E-state index is 12.7. The molecule has 1 atom stereocenters. The summed E-state index contributed by atoms with van der Waals surface area (Å²) in [5, 5.41) is 0. The highest BCUT2D eigenvalue weighted by molar-refractivity contribution is 6.22. The van der Waals surface area contributed by atoms with Crippen LogP contribution in [0.2, 0.25) is 0 Å². The molecule has 0 aromatic heterocycles. The first-order chi connectivity index (χ1) is 15.3. The Kier molecular flexibility index (Phi) is 6.09. The van der Waals surface area contributed by atoms with E-state index in [1.54, 1.807) is 0 Å². The summed E-state index contributed by atoms with van der Waals surface area (Å²) < 4.78 is 10.7. The summed E-state index contributed by atoms with van der Waals surface area (Å²) in [6, 6.07) is 16.4. The van der Waals surface area contributed by atoms with Crippen LogP contribution < -0.4 is 0 Å². The minimum Gasteiger partial charge on any atom is -0.465 e. The van der Waals surface area contributed by atoms with Crippen LogP contribution in [0.15, 0.2) is 48.5 Å². The molecule has 2 aromatic rings. The van der Waals surface area contributed by atoms with Crippen LogP contribution >= 0.6 is 0 Å². The number of carbonyl (C=O) groups is 2. The molecule has 5 heteroatoms. The van der Waals surface area contributed by atoms with Crippen LogP contribution in [0.4, 0.5) is 4.79 Å². The van der Waals surface area contributed by atoms with Crippen molar-refractivity contribution in [1.82, 2.24) is 4.90 Å². The molecule has 168 valence electrons. The van der Waals surface area contributed by atoms with Crippen LogP contribution in [0, 0.1) is 5.92 Å². The van der Waals surface area contributed by atoms with Gasteiger partial charge in [0, 0.05) is 19.0 Å². The van der Waals surface area contributed by atoms with E-state index in [9.17, 15) is 9.59 Å². The Labute approximate surface area is 190 Å². The first-order valence-corrected chi connectivity index (χ1v) is 11.2. The second-order valence-electron chi connectivity index (χ2n) is 9.55. The Morgan fingerprint density at radius 2 is 1.56 bits per heavy atom. The topological polar surface area (TPSA) is 55.8 Å². The highest BCUT2D eigenvalue weighted by Crippen LogP contribution is 2.45. The Bertz CT molecular complexity index is 1040. The van der Waals surface area contributed by atoms with Crippen LogP contribution in [-0.4, -0.2) is 42.8 Å². The van der Waals surface area contributed by atoms with Crippen molar-refractivity contribution in [2.45, 2.75) is 45.1 Å². The van der Waals surface area contributed by atoms with Gasteiger partial charge in [0.15, 0.2) is 0 Å². The maximum atomic E-state index is 12.7. The number of hydrogen-bond acceptors (Lipinski definition) is 4. The molecule has 1 aliphatic heterocycles. The van der Waals surface area contributed by atoms with E-state index in [0.717, 1.165) is 29.5 Å². The van der Waals surface area contributed by atoms with Crippen molar-refractivity contribution in [3.8, 4) is 0 Å².